The minimum absolute atomic E-state index is 0.0486. The van der Waals surface area contributed by atoms with Crippen LogP contribution in [-0.2, 0) is 10.0 Å². The molecule has 0 saturated carbocycles. The van der Waals surface area contributed by atoms with Gasteiger partial charge < -0.3 is 9.64 Å². The van der Waals surface area contributed by atoms with Gasteiger partial charge in [0.2, 0.25) is 10.0 Å². The first-order chi connectivity index (χ1) is 12.5. The molecule has 2 aliphatic rings. The fraction of sp³-hybridized carbons (Fsp3) is 0.389. The van der Waals surface area contributed by atoms with E-state index >= 15 is 0 Å². The molecule has 8 heteroatoms. The standard InChI is InChI=1S/C18H20N2O4S2/c21-17(15-5-3-11-25-15)20-9-7-18(8-10-20)12-19-26(22,23)16-6-2-1-4-14(16)24-13-18/h1-6,11,19H,7-10,12-13H2. The maximum absolute atomic E-state index is 12.5. The van der Waals surface area contributed by atoms with E-state index in [1.807, 2.05) is 22.4 Å². The number of amides is 1. The molecule has 0 bridgehead atoms. The van der Waals surface area contributed by atoms with Crippen LogP contribution >= 0.6 is 11.3 Å². The Morgan fingerprint density at radius 3 is 2.65 bits per heavy atom. The van der Waals surface area contributed by atoms with Crippen LogP contribution in [0.15, 0.2) is 46.7 Å². The fourth-order valence-corrected chi connectivity index (χ4v) is 5.45. The summed E-state index contributed by atoms with van der Waals surface area (Å²) >= 11 is 1.44. The molecular formula is C18H20N2O4S2. The average Bonchev–Trinajstić information content (AvgIpc) is 3.19. The highest BCUT2D eigenvalue weighted by Crippen LogP contribution is 2.36. The van der Waals surface area contributed by atoms with Gasteiger partial charge in [-0.2, -0.15) is 0 Å². The summed E-state index contributed by atoms with van der Waals surface area (Å²) in [5, 5.41) is 1.90. The van der Waals surface area contributed by atoms with Crippen LogP contribution < -0.4 is 9.46 Å². The molecule has 0 radical (unpaired) electrons. The molecule has 3 heterocycles. The Labute approximate surface area is 156 Å². The van der Waals surface area contributed by atoms with Crippen LogP contribution in [0.5, 0.6) is 5.75 Å². The second kappa shape index (κ2) is 6.68. The van der Waals surface area contributed by atoms with Gasteiger partial charge in [-0.05, 0) is 36.4 Å². The summed E-state index contributed by atoms with van der Waals surface area (Å²) in [4.78, 5) is 15.3. The smallest absolute Gasteiger partial charge is 0.263 e. The quantitative estimate of drug-likeness (QED) is 0.808. The van der Waals surface area contributed by atoms with Crippen molar-refractivity contribution in [2.75, 3.05) is 26.2 Å². The van der Waals surface area contributed by atoms with E-state index in [0.717, 1.165) is 4.88 Å². The second-order valence-corrected chi connectivity index (χ2v) is 9.51. The van der Waals surface area contributed by atoms with Crippen molar-refractivity contribution in [3.63, 3.8) is 0 Å². The number of hydrogen-bond acceptors (Lipinski definition) is 5. The van der Waals surface area contributed by atoms with Gasteiger partial charge >= 0.3 is 0 Å². The van der Waals surface area contributed by atoms with Gasteiger partial charge in [0.05, 0.1) is 11.5 Å². The van der Waals surface area contributed by atoms with Crippen molar-refractivity contribution < 1.29 is 17.9 Å². The number of thiophene rings is 1. The maximum atomic E-state index is 12.5. The third-order valence-corrected chi connectivity index (χ3v) is 7.45. The zero-order valence-corrected chi connectivity index (χ0v) is 15.8. The Morgan fingerprint density at radius 1 is 1.15 bits per heavy atom. The van der Waals surface area contributed by atoms with Crippen LogP contribution in [0.3, 0.4) is 0 Å². The molecule has 2 aliphatic heterocycles. The van der Waals surface area contributed by atoms with Crippen LogP contribution in [0, 0.1) is 5.41 Å². The zero-order chi connectivity index (χ0) is 18.2. The lowest BCUT2D eigenvalue weighted by molar-refractivity contribution is 0.0424. The van der Waals surface area contributed by atoms with Gasteiger partial charge in [-0.15, -0.1) is 11.3 Å². The van der Waals surface area contributed by atoms with Gasteiger partial charge in [0.1, 0.15) is 10.6 Å². The number of para-hydroxylation sites is 1. The van der Waals surface area contributed by atoms with E-state index in [1.54, 1.807) is 24.3 Å². The molecule has 1 N–H and O–H groups in total. The van der Waals surface area contributed by atoms with Crippen LogP contribution in [0.1, 0.15) is 22.5 Å². The van der Waals surface area contributed by atoms with Crippen molar-refractivity contribution in [3.8, 4) is 5.75 Å². The first kappa shape index (κ1) is 17.5. The lowest BCUT2D eigenvalue weighted by Crippen LogP contribution is -2.51. The van der Waals surface area contributed by atoms with Gasteiger partial charge in [0.15, 0.2) is 0 Å². The SMILES string of the molecule is O=C(c1cccs1)N1CCC2(CC1)CNS(=O)(=O)c1ccccc1OC2. The minimum Gasteiger partial charge on any atom is -0.492 e. The summed E-state index contributed by atoms with van der Waals surface area (Å²) in [5.74, 6) is 0.434. The predicted molar refractivity (Wildman–Crippen MR) is 99.0 cm³/mol. The monoisotopic (exact) mass is 392 g/mol. The van der Waals surface area contributed by atoms with E-state index in [4.69, 9.17) is 4.74 Å². The van der Waals surface area contributed by atoms with Crippen LogP contribution in [0.4, 0.5) is 0 Å². The van der Waals surface area contributed by atoms with Gasteiger partial charge in [-0.25, -0.2) is 13.1 Å². The molecule has 4 rings (SSSR count). The Bertz CT molecular complexity index is 901. The third-order valence-electron chi connectivity index (χ3n) is 5.15. The fourth-order valence-electron chi connectivity index (χ4n) is 3.46. The van der Waals surface area contributed by atoms with Crippen molar-refractivity contribution in [1.82, 2.24) is 9.62 Å². The number of nitrogens with one attached hydrogen (secondary N) is 1. The van der Waals surface area contributed by atoms with E-state index in [0.29, 0.717) is 44.8 Å². The van der Waals surface area contributed by atoms with E-state index in [1.165, 1.54) is 11.3 Å². The molecule has 1 aromatic heterocycles. The molecule has 1 spiro atoms. The molecule has 1 fully saturated rings. The number of sulfonamides is 1. The van der Waals surface area contributed by atoms with Gasteiger partial charge in [-0.3, -0.25) is 4.79 Å². The molecular weight excluding hydrogens is 372 g/mol. The van der Waals surface area contributed by atoms with Gasteiger partial charge in [0, 0.05) is 25.0 Å². The lowest BCUT2D eigenvalue weighted by Gasteiger charge is -2.42. The summed E-state index contributed by atoms with van der Waals surface area (Å²) < 4.78 is 33.7. The summed E-state index contributed by atoms with van der Waals surface area (Å²) in [6.07, 6.45) is 1.41. The van der Waals surface area contributed by atoms with Crippen molar-refractivity contribution in [3.05, 3.63) is 46.7 Å². The number of fused-ring (bicyclic) bond motifs is 1. The highest BCUT2D eigenvalue weighted by atomic mass is 32.2. The van der Waals surface area contributed by atoms with Crippen LogP contribution in [-0.4, -0.2) is 45.5 Å². The molecule has 26 heavy (non-hydrogen) atoms. The highest BCUT2D eigenvalue weighted by Gasteiger charge is 2.40. The summed E-state index contributed by atoms with van der Waals surface area (Å²) in [7, 11) is -3.60. The maximum Gasteiger partial charge on any atom is 0.263 e. The summed E-state index contributed by atoms with van der Waals surface area (Å²) in [5.41, 5.74) is -0.299. The van der Waals surface area contributed by atoms with Crippen LogP contribution in [0.2, 0.25) is 0 Å². The van der Waals surface area contributed by atoms with E-state index in [-0.39, 0.29) is 16.2 Å². The van der Waals surface area contributed by atoms with Gasteiger partial charge in [-0.1, -0.05) is 18.2 Å². The number of carbonyl (C=O) groups excluding carboxylic acids is 1. The molecule has 2 aromatic rings. The number of likely N-dealkylation sites (tertiary alicyclic amines) is 1. The molecule has 0 atom stereocenters. The van der Waals surface area contributed by atoms with Crippen molar-refractivity contribution in [1.29, 1.82) is 0 Å². The Kier molecular flexibility index (Phi) is 4.50. The summed E-state index contributed by atoms with van der Waals surface area (Å²) in [6.45, 7) is 1.96. The van der Waals surface area contributed by atoms with Crippen molar-refractivity contribution >= 4 is 27.3 Å². The molecule has 1 amide bonds. The minimum atomic E-state index is -3.60. The molecule has 138 valence electrons. The molecule has 0 unspecified atom stereocenters. The van der Waals surface area contributed by atoms with Crippen LogP contribution in [0.25, 0.3) is 0 Å². The van der Waals surface area contributed by atoms with Crippen molar-refractivity contribution in [2.45, 2.75) is 17.7 Å². The largest absolute Gasteiger partial charge is 0.492 e. The molecule has 1 saturated heterocycles. The zero-order valence-electron chi connectivity index (χ0n) is 14.2. The van der Waals surface area contributed by atoms with Gasteiger partial charge in [0.25, 0.3) is 5.91 Å². The summed E-state index contributed by atoms with van der Waals surface area (Å²) in [6, 6.07) is 10.4. The third kappa shape index (κ3) is 3.24. The first-order valence-corrected chi connectivity index (χ1v) is 10.9. The Balaban J connectivity index is 1.50. The number of nitrogens with zero attached hydrogens (tertiary/aromatic N) is 1. The second-order valence-electron chi connectivity index (χ2n) is 6.83. The number of hydrogen-bond donors (Lipinski definition) is 1. The van der Waals surface area contributed by atoms with Crippen molar-refractivity contribution in [2.24, 2.45) is 5.41 Å². The highest BCUT2D eigenvalue weighted by molar-refractivity contribution is 7.89. The van der Waals surface area contributed by atoms with E-state index in [9.17, 15) is 13.2 Å². The number of piperidine rings is 1. The molecule has 6 nitrogen and oxygen atoms in total. The predicted octanol–water partition coefficient (Wildman–Crippen LogP) is 2.34. The average molecular weight is 393 g/mol. The first-order valence-electron chi connectivity index (χ1n) is 8.53. The normalized spacial score (nSPS) is 21.3. The van der Waals surface area contributed by atoms with E-state index in [2.05, 4.69) is 4.72 Å². The molecule has 1 aromatic carbocycles. The Hall–Kier alpha value is -1.90. The number of rotatable bonds is 1. The lowest BCUT2D eigenvalue weighted by atomic mass is 9.79. The molecule has 0 aliphatic carbocycles. The number of benzene rings is 1. The topological polar surface area (TPSA) is 75.7 Å². The Morgan fingerprint density at radius 2 is 1.92 bits per heavy atom. The number of ether oxygens (including phenoxy) is 1. The van der Waals surface area contributed by atoms with E-state index < -0.39 is 10.0 Å². The number of carbonyl (C=O) groups is 1.